The predicted octanol–water partition coefficient (Wildman–Crippen LogP) is 3.59. The Morgan fingerprint density at radius 2 is 1.90 bits per heavy atom. The largest absolute Gasteiger partial charge is 0.493 e. The molecule has 2 aromatic carbocycles. The highest BCUT2D eigenvalue weighted by Crippen LogP contribution is 2.29. The van der Waals surface area contributed by atoms with Gasteiger partial charge in [-0.2, -0.15) is 0 Å². The lowest BCUT2D eigenvalue weighted by atomic mass is 10.1. The van der Waals surface area contributed by atoms with Gasteiger partial charge in [-0.05, 0) is 61.2 Å². The molecule has 1 aliphatic rings. The molecule has 1 amide bonds. The zero-order valence-corrected chi connectivity index (χ0v) is 17.5. The molecule has 1 heterocycles. The average Bonchev–Trinajstić information content (AvgIpc) is 3.25. The zero-order chi connectivity index (χ0) is 19.8. The van der Waals surface area contributed by atoms with Crippen LogP contribution < -0.4 is 14.8 Å². The van der Waals surface area contributed by atoms with Crippen molar-refractivity contribution in [3.63, 3.8) is 0 Å². The highest BCUT2D eigenvalue weighted by Gasteiger charge is 2.16. The minimum atomic E-state index is -0.279. The van der Waals surface area contributed by atoms with Gasteiger partial charge in [-0.15, -0.1) is 12.4 Å². The maximum atomic E-state index is 13.3. The van der Waals surface area contributed by atoms with E-state index in [0.717, 1.165) is 43.5 Å². The topological polar surface area (TPSA) is 50.8 Å². The fourth-order valence-corrected chi connectivity index (χ4v) is 3.28. The van der Waals surface area contributed by atoms with Gasteiger partial charge in [0.05, 0.1) is 13.7 Å². The summed E-state index contributed by atoms with van der Waals surface area (Å²) in [5.74, 6) is 1.16. The molecule has 1 N–H and O–H groups in total. The van der Waals surface area contributed by atoms with Crippen LogP contribution in [0.4, 0.5) is 4.39 Å². The van der Waals surface area contributed by atoms with E-state index < -0.39 is 0 Å². The molecular weight excluding hydrogens is 395 g/mol. The molecule has 29 heavy (non-hydrogen) atoms. The Morgan fingerprint density at radius 1 is 1.10 bits per heavy atom. The maximum Gasteiger partial charge on any atom is 0.236 e. The molecule has 3 rings (SSSR count). The maximum absolute atomic E-state index is 13.3. The molecule has 0 bridgehead atoms. The smallest absolute Gasteiger partial charge is 0.236 e. The Labute approximate surface area is 177 Å². The number of likely N-dealkylation sites (tertiary alicyclic amines) is 1. The first-order valence-electron chi connectivity index (χ1n) is 9.68. The zero-order valence-electron chi connectivity index (χ0n) is 16.7. The monoisotopic (exact) mass is 422 g/mol. The number of carbonyl (C=O) groups excluding carboxylic acids is 1. The number of amides is 1. The summed E-state index contributed by atoms with van der Waals surface area (Å²) in [4.78, 5) is 13.9. The van der Waals surface area contributed by atoms with E-state index in [2.05, 4.69) is 5.32 Å². The number of carbonyl (C=O) groups is 1. The van der Waals surface area contributed by atoms with Crippen LogP contribution in [0.15, 0.2) is 42.5 Å². The van der Waals surface area contributed by atoms with E-state index in [1.807, 2.05) is 29.2 Å². The van der Waals surface area contributed by atoms with Crippen LogP contribution in [-0.4, -0.2) is 44.1 Å². The van der Waals surface area contributed by atoms with Gasteiger partial charge in [-0.1, -0.05) is 18.2 Å². The SMILES string of the molecule is COc1cc(CCNCC(=O)N2CCCC2)ccc1OCc1cccc(F)c1.Cl. The molecule has 0 unspecified atom stereocenters. The molecule has 158 valence electrons. The molecule has 0 saturated carbocycles. The lowest BCUT2D eigenvalue weighted by Crippen LogP contribution is -2.36. The Balaban J connectivity index is 0.00000300. The van der Waals surface area contributed by atoms with E-state index in [1.54, 1.807) is 13.2 Å². The third kappa shape index (κ3) is 6.91. The normalized spacial score (nSPS) is 13.1. The van der Waals surface area contributed by atoms with E-state index in [9.17, 15) is 9.18 Å². The third-order valence-electron chi connectivity index (χ3n) is 4.84. The molecule has 0 atom stereocenters. The van der Waals surface area contributed by atoms with Crippen molar-refractivity contribution in [2.75, 3.05) is 33.3 Å². The van der Waals surface area contributed by atoms with Crippen molar-refractivity contribution in [2.45, 2.75) is 25.9 Å². The molecule has 2 aromatic rings. The third-order valence-corrected chi connectivity index (χ3v) is 4.84. The average molecular weight is 423 g/mol. The van der Waals surface area contributed by atoms with Crippen LogP contribution in [0.5, 0.6) is 11.5 Å². The molecule has 0 radical (unpaired) electrons. The lowest BCUT2D eigenvalue weighted by Gasteiger charge is -2.15. The van der Waals surface area contributed by atoms with Crippen molar-refractivity contribution in [1.29, 1.82) is 0 Å². The summed E-state index contributed by atoms with van der Waals surface area (Å²) < 4.78 is 24.5. The highest BCUT2D eigenvalue weighted by molar-refractivity contribution is 5.85. The molecule has 0 aliphatic carbocycles. The summed E-state index contributed by atoms with van der Waals surface area (Å²) >= 11 is 0. The van der Waals surface area contributed by atoms with Crippen molar-refractivity contribution < 1.29 is 18.7 Å². The van der Waals surface area contributed by atoms with E-state index in [0.29, 0.717) is 24.6 Å². The number of nitrogens with zero attached hydrogens (tertiary/aromatic N) is 1. The van der Waals surface area contributed by atoms with Crippen LogP contribution in [-0.2, 0) is 17.8 Å². The van der Waals surface area contributed by atoms with Crippen molar-refractivity contribution in [3.05, 3.63) is 59.4 Å². The first kappa shape index (κ1) is 23.0. The van der Waals surface area contributed by atoms with E-state index in [-0.39, 0.29) is 30.7 Å². The number of benzene rings is 2. The molecule has 1 aliphatic heterocycles. The van der Waals surface area contributed by atoms with Gasteiger partial charge in [-0.3, -0.25) is 4.79 Å². The Bertz CT molecular complexity index is 797. The van der Waals surface area contributed by atoms with Crippen LogP contribution in [0.25, 0.3) is 0 Å². The lowest BCUT2D eigenvalue weighted by molar-refractivity contribution is -0.129. The van der Waals surface area contributed by atoms with Crippen LogP contribution >= 0.6 is 12.4 Å². The number of nitrogens with one attached hydrogen (secondary N) is 1. The number of rotatable bonds is 9. The summed E-state index contributed by atoms with van der Waals surface area (Å²) in [7, 11) is 1.60. The summed E-state index contributed by atoms with van der Waals surface area (Å²) in [5, 5.41) is 3.22. The summed E-state index contributed by atoms with van der Waals surface area (Å²) in [6.45, 7) is 3.13. The Hall–Kier alpha value is -2.31. The summed E-state index contributed by atoms with van der Waals surface area (Å²) in [6.07, 6.45) is 3.01. The van der Waals surface area contributed by atoms with Gasteiger partial charge < -0.3 is 19.7 Å². The van der Waals surface area contributed by atoms with Gasteiger partial charge >= 0.3 is 0 Å². The van der Waals surface area contributed by atoms with Crippen molar-refractivity contribution in [1.82, 2.24) is 10.2 Å². The predicted molar refractivity (Wildman–Crippen MR) is 113 cm³/mol. The van der Waals surface area contributed by atoms with Crippen LogP contribution in [0.3, 0.4) is 0 Å². The first-order chi connectivity index (χ1) is 13.7. The number of methoxy groups -OCH3 is 1. The van der Waals surface area contributed by atoms with Crippen LogP contribution in [0.1, 0.15) is 24.0 Å². The first-order valence-corrected chi connectivity index (χ1v) is 9.68. The van der Waals surface area contributed by atoms with Gasteiger partial charge in [0.2, 0.25) is 5.91 Å². The van der Waals surface area contributed by atoms with Crippen molar-refractivity contribution in [3.8, 4) is 11.5 Å². The second-order valence-corrected chi connectivity index (χ2v) is 6.92. The van der Waals surface area contributed by atoms with Gasteiger partial charge in [0.15, 0.2) is 11.5 Å². The number of ether oxygens (including phenoxy) is 2. The second-order valence-electron chi connectivity index (χ2n) is 6.92. The quantitative estimate of drug-likeness (QED) is 0.627. The van der Waals surface area contributed by atoms with Gasteiger partial charge in [0, 0.05) is 13.1 Å². The molecule has 7 heteroatoms. The second kappa shape index (κ2) is 11.6. The van der Waals surface area contributed by atoms with Gasteiger partial charge in [0.1, 0.15) is 12.4 Å². The fourth-order valence-electron chi connectivity index (χ4n) is 3.28. The molecular formula is C22H28ClFN2O3. The highest BCUT2D eigenvalue weighted by atomic mass is 35.5. The number of hydrogen-bond donors (Lipinski definition) is 1. The van der Waals surface area contributed by atoms with Crippen LogP contribution in [0.2, 0.25) is 0 Å². The standard InChI is InChI=1S/C22H27FN2O3.ClH/c1-27-21-14-17(9-10-24-15-22(26)25-11-2-3-12-25)7-8-20(21)28-16-18-5-4-6-19(23)13-18;/h4-8,13-14,24H,2-3,9-12,15-16H2,1H3;1H. The Kier molecular flexibility index (Phi) is 9.22. The molecule has 0 spiro atoms. The van der Waals surface area contributed by atoms with Gasteiger partial charge in [0.25, 0.3) is 0 Å². The van der Waals surface area contributed by atoms with Gasteiger partial charge in [-0.25, -0.2) is 4.39 Å². The minimum absolute atomic E-state index is 0. The van der Waals surface area contributed by atoms with E-state index in [1.165, 1.54) is 12.1 Å². The van der Waals surface area contributed by atoms with E-state index >= 15 is 0 Å². The molecule has 0 aromatic heterocycles. The number of halogens is 2. The van der Waals surface area contributed by atoms with Crippen LogP contribution in [0, 0.1) is 5.82 Å². The summed E-state index contributed by atoms with van der Waals surface area (Å²) in [6, 6.07) is 12.1. The van der Waals surface area contributed by atoms with Crippen molar-refractivity contribution >= 4 is 18.3 Å². The number of hydrogen-bond acceptors (Lipinski definition) is 4. The molecule has 1 fully saturated rings. The van der Waals surface area contributed by atoms with E-state index in [4.69, 9.17) is 9.47 Å². The summed E-state index contributed by atoms with van der Waals surface area (Å²) in [5.41, 5.74) is 1.86. The molecule has 1 saturated heterocycles. The Morgan fingerprint density at radius 3 is 2.62 bits per heavy atom. The van der Waals surface area contributed by atoms with Crippen molar-refractivity contribution in [2.24, 2.45) is 0 Å². The minimum Gasteiger partial charge on any atom is -0.493 e. The molecule has 5 nitrogen and oxygen atoms in total. The fraction of sp³-hybridized carbons (Fsp3) is 0.409.